The maximum Gasteiger partial charge on any atom is 0.335 e. The van der Waals surface area contributed by atoms with Gasteiger partial charge < -0.3 is 20.3 Å². The Morgan fingerprint density at radius 1 is 1.10 bits per heavy atom. The molecule has 7 heteroatoms. The minimum atomic E-state index is -0.979. The van der Waals surface area contributed by atoms with Gasteiger partial charge in [-0.25, -0.2) is 9.78 Å². The number of hydrogen-bond acceptors (Lipinski definition) is 5. The lowest BCUT2D eigenvalue weighted by Crippen LogP contribution is -2.08. The van der Waals surface area contributed by atoms with E-state index in [1.165, 1.54) is 0 Å². The van der Waals surface area contributed by atoms with Crippen LogP contribution in [0.1, 0.15) is 10.4 Å². The van der Waals surface area contributed by atoms with Crippen LogP contribution in [-0.4, -0.2) is 40.1 Å². The van der Waals surface area contributed by atoms with Crippen LogP contribution in [0, 0.1) is 0 Å². The number of nitrogens with one attached hydrogen (secondary N) is 2. The highest BCUT2D eigenvalue weighted by atomic mass is 16.4. The Morgan fingerprint density at radius 3 is 2.77 bits per heavy atom. The van der Waals surface area contributed by atoms with Gasteiger partial charge in [-0.05, 0) is 36.4 Å². The maximum atomic E-state index is 11.5. The first kappa shape index (κ1) is 17.9. The highest BCUT2D eigenvalue weighted by molar-refractivity contribution is 6.22. The number of H-pyrrole nitrogens is 1. The lowest BCUT2D eigenvalue weighted by molar-refractivity contribution is 0.0697. The van der Waals surface area contributed by atoms with Crippen molar-refractivity contribution in [2.24, 2.45) is 0 Å². The van der Waals surface area contributed by atoms with Gasteiger partial charge in [0.15, 0.2) is 5.82 Å². The van der Waals surface area contributed by atoms with E-state index in [1.54, 1.807) is 18.3 Å². The molecule has 5 aromatic rings. The SMILES string of the molecule is CN(C)c1cccc(Nc2nc3cc(C(=O)O)ccc3c3c2[nH]c2ccncc23)c1. The summed E-state index contributed by atoms with van der Waals surface area (Å²) in [6.45, 7) is 0. The second-order valence-electron chi connectivity index (χ2n) is 7.36. The first-order chi connectivity index (χ1) is 14.5. The van der Waals surface area contributed by atoms with Crippen molar-refractivity contribution in [3.05, 3.63) is 66.5 Å². The predicted octanol–water partition coefficient (Wildman–Crippen LogP) is 4.77. The van der Waals surface area contributed by atoms with Crippen LogP contribution in [0.2, 0.25) is 0 Å². The van der Waals surface area contributed by atoms with Gasteiger partial charge in [-0.1, -0.05) is 12.1 Å². The van der Waals surface area contributed by atoms with Gasteiger partial charge in [-0.3, -0.25) is 4.98 Å². The molecule has 3 heterocycles. The molecule has 2 aromatic carbocycles. The number of carbonyl (C=O) groups is 1. The van der Waals surface area contributed by atoms with Crippen molar-refractivity contribution in [3.8, 4) is 0 Å². The molecule has 5 rings (SSSR count). The molecule has 3 aromatic heterocycles. The fraction of sp³-hybridized carbons (Fsp3) is 0.0870. The summed E-state index contributed by atoms with van der Waals surface area (Å²) in [6.07, 6.45) is 3.55. The van der Waals surface area contributed by atoms with Gasteiger partial charge in [0.05, 0.1) is 16.6 Å². The number of fused-ring (bicyclic) bond motifs is 5. The summed E-state index contributed by atoms with van der Waals surface area (Å²) in [5.74, 6) is -0.347. The van der Waals surface area contributed by atoms with Gasteiger partial charge in [0.2, 0.25) is 0 Å². The molecule has 0 saturated carbocycles. The normalized spacial score (nSPS) is 11.3. The van der Waals surface area contributed by atoms with E-state index in [0.717, 1.165) is 38.6 Å². The third kappa shape index (κ3) is 2.88. The van der Waals surface area contributed by atoms with Crippen LogP contribution in [-0.2, 0) is 0 Å². The highest BCUT2D eigenvalue weighted by Crippen LogP contribution is 2.36. The summed E-state index contributed by atoms with van der Waals surface area (Å²) in [5.41, 5.74) is 4.56. The Labute approximate surface area is 172 Å². The van der Waals surface area contributed by atoms with E-state index >= 15 is 0 Å². The van der Waals surface area contributed by atoms with Gasteiger partial charge in [0.1, 0.15) is 0 Å². The fourth-order valence-electron chi connectivity index (χ4n) is 3.73. The minimum absolute atomic E-state index is 0.202. The number of rotatable bonds is 4. The number of nitrogens with zero attached hydrogens (tertiary/aromatic N) is 3. The molecule has 0 aliphatic heterocycles. The number of aromatic carboxylic acids is 1. The highest BCUT2D eigenvalue weighted by Gasteiger charge is 2.16. The average Bonchev–Trinajstić information content (AvgIpc) is 3.14. The molecule has 0 spiro atoms. The molecule has 0 aliphatic rings. The number of pyridine rings is 2. The Balaban J connectivity index is 1.79. The molecule has 0 bridgehead atoms. The summed E-state index contributed by atoms with van der Waals surface area (Å²) in [7, 11) is 3.98. The molecular weight excluding hydrogens is 378 g/mol. The van der Waals surface area contributed by atoms with Crippen molar-refractivity contribution in [1.82, 2.24) is 15.0 Å². The zero-order valence-corrected chi connectivity index (χ0v) is 16.5. The van der Waals surface area contributed by atoms with Crippen LogP contribution in [0.4, 0.5) is 17.2 Å². The lowest BCUT2D eigenvalue weighted by atomic mass is 10.1. The molecule has 0 atom stereocenters. The summed E-state index contributed by atoms with van der Waals surface area (Å²) >= 11 is 0. The lowest BCUT2D eigenvalue weighted by Gasteiger charge is -2.15. The Bertz CT molecular complexity index is 1440. The fourth-order valence-corrected chi connectivity index (χ4v) is 3.73. The van der Waals surface area contributed by atoms with Gasteiger partial charge in [-0.15, -0.1) is 0 Å². The molecule has 3 N–H and O–H groups in total. The zero-order chi connectivity index (χ0) is 20.8. The second kappa shape index (κ2) is 6.73. The zero-order valence-electron chi connectivity index (χ0n) is 16.5. The molecule has 148 valence electrons. The molecule has 0 radical (unpaired) electrons. The van der Waals surface area contributed by atoms with Crippen LogP contribution in [0.3, 0.4) is 0 Å². The van der Waals surface area contributed by atoms with Crippen LogP contribution in [0.25, 0.3) is 32.7 Å². The quantitative estimate of drug-likeness (QED) is 0.404. The van der Waals surface area contributed by atoms with E-state index in [9.17, 15) is 9.90 Å². The number of carboxylic acid groups (broad SMARTS) is 1. The van der Waals surface area contributed by atoms with Gasteiger partial charge >= 0.3 is 5.97 Å². The molecule has 0 aliphatic carbocycles. The van der Waals surface area contributed by atoms with Crippen molar-refractivity contribution in [2.45, 2.75) is 0 Å². The van der Waals surface area contributed by atoms with Crippen molar-refractivity contribution in [3.63, 3.8) is 0 Å². The molecule has 30 heavy (non-hydrogen) atoms. The number of aromatic nitrogens is 3. The van der Waals surface area contributed by atoms with E-state index < -0.39 is 5.97 Å². The Hall–Kier alpha value is -4.13. The topological polar surface area (TPSA) is 94.1 Å². The first-order valence-corrected chi connectivity index (χ1v) is 9.48. The van der Waals surface area contributed by atoms with Gasteiger partial charge in [-0.2, -0.15) is 0 Å². The van der Waals surface area contributed by atoms with E-state index in [4.69, 9.17) is 4.98 Å². The number of carboxylic acids is 1. The second-order valence-corrected chi connectivity index (χ2v) is 7.36. The monoisotopic (exact) mass is 397 g/mol. The molecular formula is C23H19N5O2. The molecule has 0 unspecified atom stereocenters. The van der Waals surface area contributed by atoms with Crippen LogP contribution in [0.15, 0.2) is 60.9 Å². The summed E-state index contributed by atoms with van der Waals surface area (Å²) in [5, 5.41) is 15.6. The maximum absolute atomic E-state index is 11.5. The van der Waals surface area contributed by atoms with Crippen molar-refractivity contribution < 1.29 is 9.90 Å². The van der Waals surface area contributed by atoms with Crippen molar-refractivity contribution >= 4 is 55.9 Å². The average molecular weight is 397 g/mol. The third-order valence-corrected chi connectivity index (χ3v) is 5.21. The van der Waals surface area contributed by atoms with Crippen molar-refractivity contribution in [2.75, 3.05) is 24.3 Å². The van der Waals surface area contributed by atoms with Crippen LogP contribution in [0.5, 0.6) is 0 Å². The van der Waals surface area contributed by atoms with E-state index in [-0.39, 0.29) is 5.56 Å². The summed E-state index contributed by atoms with van der Waals surface area (Å²) < 4.78 is 0. The van der Waals surface area contributed by atoms with Gasteiger partial charge in [0, 0.05) is 59.5 Å². The largest absolute Gasteiger partial charge is 0.478 e. The number of benzene rings is 2. The third-order valence-electron chi connectivity index (χ3n) is 5.21. The van der Waals surface area contributed by atoms with E-state index in [0.29, 0.717) is 11.3 Å². The van der Waals surface area contributed by atoms with Crippen molar-refractivity contribution in [1.29, 1.82) is 0 Å². The van der Waals surface area contributed by atoms with Crippen LogP contribution < -0.4 is 10.2 Å². The molecule has 7 nitrogen and oxygen atoms in total. The summed E-state index contributed by atoms with van der Waals surface area (Å²) in [4.78, 5) is 26.0. The molecule has 0 amide bonds. The number of aromatic amines is 1. The Morgan fingerprint density at radius 2 is 1.97 bits per heavy atom. The summed E-state index contributed by atoms with van der Waals surface area (Å²) in [6, 6.07) is 15.0. The Kier molecular flexibility index (Phi) is 4.03. The predicted molar refractivity (Wildman–Crippen MR) is 120 cm³/mol. The van der Waals surface area contributed by atoms with Gasteiger partial charge in [0.25, 0.3) is 0 Å². The smallest absolute Gasteiger partial charge is 0.335 e. The molecule has 0 fully saturated rings. The van der Waals surface area contributed by atoms with E-state index in [2.05, 4.69) is 15.3 Å². The number of hydrogen-bond donors (Lipinski definition) is 3. The number of anilines is 3. The van der Waals surface area contributed by atoms with Crippen LogP contribution >= 0.6 is 0 Å². The standard InChI is InChI=1S/C23H19N5O2/c1-28(2)15-5-3-4-14(11-15)25-22-21-20(17-12-24-9-8-18(17)26-21)16-7-6-13(23(29)30)10-19(16)27-22/h3-12,26H,1-2H3,(H,25,27)(H,29,30). The first-order valence-electron chi connectivity index (χ1n) is 9.48. The molecule has 0 saturated heterocycles. The van der Waals surface area contributed by atoms with E-state index in [1.807, 2.05) is 61.6 Å². The minimum Gasteiger partial charge on any atom is -0.478 e.